The fourth-order valence-corrected chi connectivity index (χ4v) is 2.90. The highest BCUT2D eigenvalue weighted by molar-refractivity contribution is 5.85. The van der Waals surface area contributed by atoms with E-state index in [1.54, 1.807) is 7.11 Å². The smallest absolute Gasteiger partial charge is 0.246 e. The van der Waals surface area contributed by atoms with Gasteiger partial charge in [0.05, 0.1) is 20.2 Å². The Morgan fingerprint density at radius 1 is 1.29 bits per heavy atom. The van der Waals surface area contributed by atoms with Crippen molar-refractivity contribution in [3.63, 3.8) is 0 Å². The highest BCUT2D eigenvalue weighted by atomic mass is 35.5. The van der Waals surface area contributed by atoms with E-state index in [0.29, 0.717) is 19.6 Å². The number of methoxy groups -OCH3 is 1. The molecule has 0 radical (unpaired) electrons. The Bertz CT molecular complexity index is 701. The fraction of sp³-hybridized carbons (Fsp3) is 0.438. The molecule has 0 aliphatic carbocycles. The third-order valence-electron chi connectivity index (χ3n) is 4.09. The van der Waals surface area contributed by atoms with Crippen molar-refractivity contribution >= 4 is 18.3 Å². The first-order valence-corrected chi connectivity index (χ1v) is 7.63. The van der Waals surface area contributed by atoms with Crippen molar-refractivity contribution in [1.82, 2.24) is 25.0 Å². The largest absolute Gasteiger partial charge is 0.497 e. The normalized spacial score (nSPS) is 16.5. The summed E-state index contributed by atoms with van der Waals surface area (Å²) < 4.78 is 7.10. The van der Waals surface area contributed by atoms with Crippen LogP contribution < -0.4 is 10.1 Å². The summed E-state index contributed by atoms with van der Waals surface area (Å²) >= 11 is 0. The molecule has 130 valence electrons. The number of benzene rings is 1. The van der Waals surface area contributed by atoms with Crippen LogP contribution in [0.4, 0.5) is 0 Å². The molecule has 24 heavy (non-hydrogen) atoms. The molecule has 0 unspecified atom stereocenters. The number of rotatable bonds is 5. The van der Waals surface area contributed by atoms with Crippen molar-refractivity contribution < 1.29 is 9.53 Å². The molecule has 1 N–H and O–H groups in total. The van der Waals surface area contributed by atoms with Gasteiger partial charge in [0.25, 0.3) is 0 Å². The van der Waals surface area contributed by atoms with Crippen molar-refractivity contribution in [2.45, 2.75) is 32.6 Å². The van der Waals surface area contributed by atoms with E-state index < -0.39 is 0 Å². The Morgan fingerprint density at radius 3 is 2.62 bits per heavy atom. The van der Waals surface area contributed by atoms with Crippen LogP contribution in [0.25, 0.3) is 0 Å². The molecule has 7 nitrogen and oxygen atoms in total. The Balaban J connectivity index is 0.00000208. The number of fused-ring (bicyclic) bond motifs is 1. The minimum absolute atomic E-state index is 0. The van der Waals surface area contributed by atoms with Crippen LogP contribution in [0, 0.1) is 0 Å². The van der Waals surface area contributed by atoms with Crippen LogP contribution in [-0.4, -0.2) is 39.7 Å². The maximum atomic E-state index is 12.7. The highest BCUT2D eigenvalue weighted by Crippen LogP contribution is 2.24. The van der Waals surface area contributed by atoms with E-state index in [1.165, 1.54) is 0 Å². The molecule has 0 bridgehead atoms. The van der Waals surface area contributed by atoms with Gasteiger partial charge in [0.2, 0.25) is 5.91 Å². The molecule has 0 spiro atoms. The third kappa shape index (κ3) is 3.37. The average molecular weight is 352 g/mol. The van der Waals surface area contributed by atoms with Gasteiger partial charge in [-0.1, -0.05) is 12.1 Å². The van der Waals surface area contributed by atoms with E-state index >= 15 is 0 Å². The number of hydrogen-bond donors (Lipinski definition) is 1. The number of halogens is 1. The monoisotopic (exact) mass is 351 g/mol. The standard InChI is InChI=1S/C16H21N5O2.ClH/c1-11-16(22)20(9-12-4-6-13(23-3)7-5-12)10-15-19-18-14(8-17-2)21(11)15;/h4-7,11,17H,8-10H2,1-3H3;1H/t11-;/m0./s1. The molecule has 2 heterocycles. The summed E-state index contributed by atoms with van der Waals surface area (Å²) in [5, 5.41) is 11.5. The molecule has 1 aliphatic rings. The van der Waals surface area contributed by atoms with Gasteiger partial charge in [0, 0.05) is 6.54 Å². The minimum atomic E-state index is -0.282. The lowest BCUT2D eigenvalue weighted by molar-refractivity contribution is -0.137. The summed E-state index contributed by atoms with van der Waals surface area (Å²) in [7, 11) is 3.49. The molecule has 1 aromatic heterocycles. The second-order valence-electron chi connectivity index (χ2n) is 5.65. The molecule has 3 rings (SSSR count). The second-order valence-corrected chi connectivity index (χ2v) is 5.65. The van der Waals surface area contributed by atoms with Gasteiger partial charge in [-0.25, -0.2) is 0 Å². The summed E-state index contributed by atoms with van der Waals surface area (Å²) in [5.41, 5.74) is 1.06. The van der Waals surface area contributed by atoms with Crippen molar-refractivity contribution in [2.24, 2.45) is 0 Å². The van der Waals surface area contributed by atoms with Gasteiger partial charge in [-0.15, -0.1) is 22.6 Å². The molecule has 1 atom stereocenters. The topological polar surface area (TPSA) is 72.3 Å². The number of aromatic nitrogens is 3. The Labute approximate surface area is 147 Å². The van der Waals surface area contributed by atoms with Crippen molar-refractivity contribution in [1.29, 1.82) is 0 Å². The van der Waals surface area contributed by atoms with Gasteiger partial charge in [-0.3, -0.25) is 9.36 Å². The molecule has 1 aromatic carbocycles. The average Bonchev–Trinajstić information content (AvgIpc) is 2.96. The highest BCUT2D eigenvalue weighted by Gasteiger charge is 2.32. The lowest BCUT2D eigenvalue weighted by Crippen LogP contribution is -2.42. The lowest BCUT2D eigenvalue weighted by atomic mass is 10.1. The summed E-state index contributed by atoms with van der Waals surface area (Å²) in [6.45, 7) is 3.53. The maximum absolute atomic E-state index is 12.7. The summed E-state index contributed by atoms with van der Waals surface area (Å²) in [4.78, 5) is 14.5. The molecule has 8 heteroatoms. The number of amides is 1. The molecule has 1 aliphatic heterocycles. The SMILES string of the molecule is CNCc1nnc2n1[C@@H](C)C(=O)N(Cc1ccc(OC)cc1)C2.Cl. The molecule has 2 aromatic rings. The van der Waals surface area contributed by atoms with Crippen LogP contribution in [-0.2, 0) is 24.4 Å². The van der Waals surface area contributed by atoms with Gasteiger partial charge in [0.1, 0.15) is 17.6 Å². The Kier molecular flexibility index (Phi) is 5.80. The number of carbonyl (C=O) groups excluding carboxylic acids is 1. The van der Waals surface area contributed by atoms with E-state index in [2.05, 4.69) is 15.5 Å². The zero-order chi connectivity index (χ0) is 16.4. The lowest BCUT2D eigenvalue weighted by Gasteiger charge is -2.32. The quantitative estimate of drug-likeness (QED) is 0.884. The molecular weight excluding hydrogens is 330 g/mol. The van der Waals surface area contributed by atoms with Gasteiger partial charge in [0.15, 0.2) is 5.82 Å². The van der Waals surface area contributed by atoms with Crippen molar-refractivity contribution in [2.75, 3.05) is 14.2 Å². The van der Waals surface area contributed by atoms with Crippen LogP contribution in [0.2, 0.25) is 0 Å². The van der Waals surface area contributed by atoms with Crippen LogP contribution >= 0.6 is 12.4 Å². The number of carbonyl (C=O) groups is 1. The van der Waals surface area contributed by atoms with Crippen molar-refractivity contribution in [3.05, 3.63) is 41.5 Å². The van der Waals surface area contributed by atoms with Crippen LogP contribution in [0.3, 0.4) is 0 Å². The number of hydrogen-bond acceptors (Lipinski definition) is 5. The van der Waals surface area contributed by atoms with E-state index in [1.807, 2.05) is 47.7 Å². The zero-order valence-electron chi connectivity index (χ0n) is 14.0. The first kappa shape index (κ1) is 18.2. The van der Waals surface area contributed by atoms with Gasteiger partial charge >= 0.3 is 0 Å². The van der Waals surface area contributed by atoms with Crippen LogP contribution in [0.5, 0.6) is 5.75 Å². The van der Waals surface area contributed by atoms with E-state index in [0.717, 1.165) is 23.0 Å². The van der Waals surface area contributed by atoms with Crippen molar-refractivity contribution in [3.8, 4) is 5.75 Å². The van der Waals surface area contributed by atoms with E-state index in [4.69, 9.17) is 4.74 Å². The summed E-state index contributed by atoms with van der Waals surface area (Å²) in [6.07, 6.45) is 0. The maximum Gasteiger partial charge on any atom is 0.246 e. The van der Waals surface area contributed by atoms with Gasteiger partial charge < -0.3 is 15.0 Å². The van der Waals surface area contributed by atoms with Crippen LogP contribution in [0.15, 0.2) is 24.3 Å². The second kappa shape index (κ2) is 7.63. The Hall–Kier alpha value is -2.12. The summed E-state index contributed by atoms with van der Waals surface area (Å²) in [6, 6.07) is 7.47. The first-order valence-electron chi connectivity index (χ1n) is 7.63. The van der Waals surface area contributed by atoms with Crippen LogP contribution in [0.1, 0.15) is 30.2 Å². The van der Waals surface area contributed by atoms with Gasteiger partial charge in [-0.2, -0.15) is 0 Å². The molecule has 0 saturated heterocycles. The third-order valence-corrected chi connectivity index (χ3v) is 4.09. The first-order chi connectivity index (χ1) is 11.1. The number of nitrogens with one attached hydrogen (secondary N) is 1. The minimum Gasteiger partial charge on any atom is -0.497 e. The zero-order valence-corrected chi connectivity index (χ0v) is 14.8. The fourth-order valence-electron chi connectivity index (χ4n) is 2.90. The Morgan fingerprint density at radius 2 is 2.00 bits per heavy atom. The molecule has 1 amide bonds. The predicted octanol–water partition coefficient (Wildman–Crippen LogP) is 1.53. The van der Waals surface area contributed by atoms with E-state index in [9.17, 15) is 4.79 Å². The van der Waals surface area contributed by atoms with Gasteiger partial charge in [-0.05, 0) is 31.7 Å². The number of ether oxygens (including phenoxy) is 1. The predicted molar refractivity (Wildman–Crippen MR) is 92.0 cm³/mol. The summed E-state index contributed by atoms with van der Waals surface area (Å²) in [5.74, 6) is 2.53. The molecular formula is C16H22ClN5O2. The molecule has 0 fully saturated rings. The number of nitrogens with zero attached hydrogens (tertiary/aromatic N) is 4. The molecule has 0 saturated carbocycles. The van der Waals surface area contributed by atoms with E-state index in [-0.39, 0.29) is 24.4 Å².